The van der Waals surface area contributed by atoms with Crippen LogP contribution in [0.25, 0.3) is 0 Å². The molecule has 1 aliphatic carbocycles. The summed E-state index contributed by atoms with van der Waals surface area (Å²) in [5.41, 5.74) is 4.66. The van der Waals surface area contributed by atoms with Crippen LogP contribution < -0.4 is 10.2 Å². The molecule has 1 fully saturated rings. The maximum absolute atomic E-state index is 11.4. The molecule has 0 atom stereocenters. The van der Waals surface area contributed by atoms with Gasteiger partial charge in [-0.2, -0.15) is 5.10 Å². The summed E-state index contributed by atoms with van der Waals surface area (Å²) in [7, 11) is 1.65. The number of rotatable bonds is 5. The largest absolute Gasteiger partial charge is 0.497 e. The zero-order valence-electron chi connectivity index (χ0n) is 10.8. The predicted octanol–water partition coefficient (Wildman–Crippen LogP) is 2.14. The van der Waals surface area contributed by atoms with E-state index in [9.17, 15) is 4.79 Å². The molecule has 1 aliphatic rings. The molecule has 0 saturated heterocycles. The molecule has 1 saturated carbocycles. The van der Waals surface area contributed by atoms with Crippen molar-refractivity contribution < 1.29 is 9.53 Å². The van der Waals surface area contributed by atoms with Gasteiger partial charge in [-0.15, -0.1) is 0 Å². The molecule has 0 radical (unpaired) electrons. The van der Waals surface area contributed by atoms with E-state index in [1.807, 2.05) is 31.2 Å². The fourth-order valence-corrected chi connectivity index (χ4v) is 1.67. The molecule has 2 rings (SSSR count). The van der Waals surface area contributed by atoms with Gasteiger partial charge in [0.1, 0.15) is 5.75 Å². The van der Waals surface area contributed by atoms with Gasteiger partial charge in [-0.25, -0.2) is 5.43 Å². The van der Waals surface area contributed by atoms with Crippen LogP contribution in [0.15, 0.2) is 29.4 Å². The van der Waals surface area contributed by atoms with Crippen molar-refractivity contribution in [1.29, 1.82) is 0 Å². The van der Waals surface area contributed by atoms with Gasteiger partial charge in [-0.3, -0.25) is 4.79 Å². The average Bonchev–Trinajstić information content (AvgIpc) is 3.21. The summed E-state index contributed by atoms with van der Waals surface area (Å²) in [6, 6.07) is 7.85. The summed E-state index contributed by atoms with van der Waals surface area (Å²) in [5, 5.41) is 4.11. The molecule has 0 spiro atoms. The molecule has 1 N–H and O–H groups in total. The lowest BCUT2D eigenvalue weighted by molar-refractivity contribution is -0.122. The Bertz CT molecular complexity index is 447. The number of nitrogens with one attached hydrogen (secondary N) is 1. The highest BCUT2D eigenvalue weighted by Crippen LogP contribution is 2.28. The molecule has 1 amide bonds. The van der Waals surface area contributed by atoms with E-state index < -0.39 is 0 Å². The van der Waals surface area contributed by atoms with E-state index in [0.29, 0.717) is 0 Å². The first-order chi connectivity index (χ1) is 8.69. The summed E-state index contributed by atoms with van der Waals surface area (Å²) >= 11 is 0. The molecule has 0 aromatic heterocycles. The van der Waals surface area contributed by atoms with Gasteiger partial charge in [0.2, 0.25) is 5.91 Å². The third-order valence-electron chi connectivity index (χ3n) is 2.92. The minimum atomic E-state index is 0.0454. The molecule has 0 aliphatic heterocycles. The summed E-state index contributed by atoms with van der Waals surface area (Å²) in [6.45, 7) is 1.91. The Labute approximate surface area is 107 Å². The van der Waals surface area contributed by atoms with E-state index in [1.54, 1.807) is 7.11 Å². The van der Waals surface area contributed by atoms with E-state index in [0.717, 1.165) is 36.3 Å². The van der Waals surface area contributed by atoms with Crippen molar-refractivity contribution in [3.05, 3.63) is 29.8 Å². The molecule has 1 aromatic carbocycles. The maximum atomic E-state index is 11.4. The van der Waals surface area contributed by atoms with Gasteiger partial charge >= 0.3 is 0 Å². The van der Waals surface area contributed by atoms with E-state index in [2.05, 4.69) is 10.5 Å². The lowest BCUT2D eigenvalue weighted by Gasteiger charge is -2.04. The minimum absolute atomic E-state index is 0.0454. The fraction of sp³-hybridized carbons (Fsp3) is 0.429. The maximum Gasteiger partial charge on any atom is 0.243 e. The smallest absolute Gasteiger partial charge is 0.243 e. The number of hydrazone groups is 1. The molecule has 1 aromatic rings. The highest BCUT2D eigenvalue weighted by atomic mass is 16.5. The van der Waals surface area contributed by atoms with Gasteiger partial charge < -0.3 is 4.74 Å². The quantitative estimate of drug-likeness (QED) is 0.639. The molecule has 18 heavy (non-hydrogen) atoms. The number of hydrogen-bond donors (Lipinski definition) is 1. The van der Waals surface area contributed by atoms with Crippen molar-refractivity contribution >= 4 is 11.6 Å². The topological polar surface area (TPSA) is 50.7 Å². The molecule has 0 bridgehead atoms. The molecule has 96 valence electrons. The third kappa shape index (κ3) is 3.58. The second-order valence-corrected chi connectivity index (χ2v) is 4.62. The highest BCUT2D eigenvalue weighted by Gasteiger charge is 2.29. The SMILES string of the molecule is COc1ccc(C/C(C)=N\NC(=O)C2CC2)cc1. The zero-order chi connectivity index (χ0) is 13.0. The van der Waals surface area contributed by atoms with Crippen LogP contribution in [0.2, 0.25) is 0 Å². The van der Waals surface area contributed by atoms with Crippen LogP contribution in [0, 0.1) is 5.92 Å². The third-order valence-corrected chi connectivity index (χ3v) is 2.92. The lowest BCUT2D eigenvalue weighted by Crippen LogP contribution is -2.20. The van der Waals surface area contributed by atoms with Crippen molar-refractivity contribution in [2.75, 3.05) is 7.11 Å². The summed E-state index contributed by atoms with van der Waals surface area (Å²) in [6.07, 6.45) is 2.73. The Hall–Kier alpha value is -1.84. The number of ether oxygens (including phenoxy) is 1. The van der Waals surface area contributed by atoms with Crippen molar-refractivity contribution in [3.63, 3.8) is 0 Å². The first kappa shape index (κ1) is 12.6. The molecule has 0 heterocycles. The summed E-state index contributed by atoms with van der Waals surface area (Å²) in [5.74, 6) is 1.09. The normalized spacial score (nSPS) is 15.3. The van der Waals surface area contributed by atoms with Gasteiger partial charge in [-0.05, 0) is 37.5 Å². The van der Waals surface area contributed by atoms with E-state index >= 15 is 0 Å². The summed E-state index contributed by atoms with van der Waals surface area (Å²) in [4.78, 5) is 11.4. The van der Waals surface area contributed by atoms with E-state index in [1.165, 1.54) is 0 Å². The van der Waals surface area contributed by atoms with Gasteiger partial charge in [0.05, 0.1) is 7.11 Å². The minimum Gasteiger partial charge on any atom is -0.497 e. The zero-order valence-corrected chi connectivity index (χ0v) is 10.8. The number of methoxy groups -OCH3 is 1. The van der Waals surface area contributed by atoms with Gasteiger partial charge in [-0.1, -0.05) is 12.1 Å². The van der Waals surface area contributed by atoms with Crippen LogP contribution >= 0.6 is 0 Å². The Morgan fingerprint density at radius 3 is 2.61 bits per heavy atom. The number of amides is 1. The number of nitrogens with zero attached hydrogens (tertiary/aromatic N) is 1. The highest BCUT2D eigenvalue weighted by molar-refractivity contribution is 5.87. The van der Waals surface area contributed by atoms with Crippen LogP contribution in [0.1, 0.15) is 25.3 Å². The Morgan fingerprint density at radius 1 is 1.39 bits per heavy atom. The monoisotopic (exact) mass is 246 g/mol. The Kier molecular flexibility index (Phi) is 3.97. The standard InChI is InChI=1S/C14H18N2O2/c1-10(15-16-14(17)12-5-6-12)9-11-3-7-13(18-2)8-4-11/h3-4,7-8,12H,5-6,9H2,1-2H3,(H,16,17)/b15-10-. The Morgan fingerprint density at radius 2 is 2.06 bits per heavy atom. The summed E-state index contributed by atoms with van der Waals surface area (Å²) < 4.78 is 5.10. The molecule has 0 unspecified atom stereocenters. The van der Waals surface area contributed by atoms with Gasteiger partial charge in [0, 0.05) is 18.1 Å². The second kappa shape index (κ2) is 5.67. The first-order valence-electron chi connectivity index (χ1n) is 6.15. The van der Waals surface area contributed by atoms with Crippen molar-refractivity contribution in [2.45, 2.75) is 26.2 Å². The second-order valence-electron chi connectivity index (χ2n) is 4.62. The number of carbonyl (C=O) groups is 1. The van der Waals surface area contributed by atoms with Crippen molar-refractivity contribution in [2.24, 2.45) is 11.0 Å². The number of benzene rings is 1. The predicted molar refractivity (Wildman–Crippen MR) is 70.7 cm³/mol. The van der Waals surface area contributed by atoms with E-state index in [4.69, 9.17) is 4.74 Å². The van der Waals surface area contributed by atoms with Crippen LogP contribution in [0.5, 0.6) is 5.75 Å². The fourth-order valence-electron chi connectivity index (χ4n) is 1.67. The molecule has 4 nitrogen and oxygen atoms in total. The van der Waals surface area contributed by atoms with Crippen molar-refractivity contribution in [1.82, 2.24) is 5.43 Å². The number of carbonyl (C=O) groups excluding carboxylic acids is 1. The molecule has 4 heteroatoms. The molecular formula is C14H18N2O2. The average molecular weight is 246 g/mol. The van der Waals surface area contributed by atoms with Crippen LogP contribution in [0.3, 0.4) is 0 Å². The molecular weight excluding hydrogens is 228 g/mol. The van der Waals surface area contributed by atoms with Gasteiger partial charge in [0.15, 0.2) is 0 Å². The van der Waals surface area contributed by atoms with E-state index in [-0.39, 0.29) is 11.8 Å². The van der Waals surface area contributed by atoms with Crippen LogP contribution in [-0.4, -0.2) is 18.7 Å². The lowest BCUT2D eigenvalue weighted by atomic mass is 10.1. The van der Waals surface area contributed by atoms with Crippen LogP contribution in [-0.2, 0) is 11.2 Å². The Balaban J connectivity index is 1.86. The number of hydrogen-bond acceptors (Lipinski definition) is 3. The van der Waals surface area contributed by atoms with Crippen LogP contribution in [0.4, 0.5) is 0 Å². The first-order valence-corrected chi connectivity index (χ1v) is 6.15. The van der Waals surface area contributed by atoms with Crippen molar-refractivity contribution in [3.8, 4) is 5.75 Å². The van der Waals surface area contributed by atoms with Gasteiger partial charge in [0.25, 0.3) is 0 Å².